The number of benzene rings is 2. The van der Waals surface area contributed by atoms with Crippen molar-refractivity contribution >= 4 is 12.0 Å². The summed E-state index contributed by atoms with van der Waals surface area (Å²) < 4.78 is 13.1. The Balaban J connectivity index is 1.71. The molecule has 7 heteroatoms. The van der Waals surface area contributed by atoms with E-state index in [-0.39, 0.29) is 11.5 Å². The molecule has 2 heterocycles. The first-order valence-electron chi connectivity index (χ1n) is 12.3. The Hall–Kier alpha value is -3.89. The van der Waals surface area contributed by atoms with Gasteiger partial charge in [-0.3, -0.25) is 4.79 Å². The molecule has 1 fully saturated rings. The summed E-state index contributed by atoms with van der Waals surface area (Å²) in [6, 6.07) is 17.8. The number of hydrogen-bond donors (Lipinski definition) is 0. The lowest BCUT2D eigenvalue weighted by atomic mass is 10.0. The van der Waals surface area contributed by atoms with E-state index < -0.39 is 0 Å². The Morgan fingerprint density at radius 2 is 1.94 bits per heavy atom. The van der Waals surface area contributed by atoms with Crippen molar-refractivity contribution in [1.29, 1.82) is 5.26 Å². The highest BCUT2D eigenvalue weighted by Gasteiger charge is 2.22. The molecule has 0 spiro atoms. The van der Waals surface area contributed by atoms with Crippen LogP contribution in [0.2, 0.25) is 0 Å². The number of nitrogens with zero attached hydrogens (tertiary/aromatic N) is 4. The van der Waals surface area contributed by atoms with Crippen LogP contribution in [0.3, 0.4) is 0 Å². The molecule has 186 valence electrons. The minimum absolute atomic E-state index is 0.0797. The predicted octanol–water partition coefficient (Wildman–Crippen LogP) is 5.04. The van der Waals surface area contributed by atoms with Crippen molar-refractivity contribution in [3.63, 3.8) is 0 Å². The van der Waals surface area contributed by atoms with E-state index in [0.29, 0.717) is 50.1 Å². The van der Waals surface area contributed by atoms with Crippen molar-refractivity contribution in [2.45, 2.75) is 27.2 Å². The highest BCUT2D eigenvalue weighted by atomic mass is 16.5. The molecule has 1 aliphatic heterocycles. The standard InChI is InChI=1S/C29H32N4O3/c1-21(2)11-14-36-27-10-9-23(17-22(27)3)28-25(20-33(31-28)26-7-5-4-6-8-26)18-24(19-30)29(34)32-12-15-35-16-13-32/h4-10,17-18,20-21H,11-16H2,1-3H3. The van der Waals surface area contributed by atoms with Crippen LogP contribution in [0.1, 0.15) is 31.4 Å². The van der Waals surface area contributed by atoms with Gasteiger partial charge in [0.15, 0.2) is 0 Å². The number of amides is 1. The van der Waals surface area contributed by atoms with E-state index in [1.54, 1.807) is 15.7 Å². The van der Waals surface area contributed by atoms with E-state index in [1.165, 1.54) is 0 Å². The SMILES string of the molecule is Cc1cc(-c2nn(-c3ccccc3)cc2C=C(C#N)C(=O)N2CCOCC2)ccc1OCCC(C)C. The number of aromatic nitrogens is 2. The van der Waals surface area contributed by atoms with Crippen LogP contribution in [0.15, 0.2) is 60.3 Å². The lowest BCUT2D eigenvalue weighted by molar-refractivity contribution is -0.130. The van der Waals surface area contributed by atoms with Gasteiger partial charge in [-0.25, -0.2) is 4.68 Å². The number of hydrogen-bond acceptors (Lipinski definition) is 5. The maximum absolute atomic E-state index is 13.0. The van der Waals surface area contributed by atoms with Gasteiger partial charge in [0.2, 0.25) is 0 Å². The van der Waals surface area contributed by atoms with Crippen molar-refractivity contribution in [2.24, 2.45) is 5.92 Å². The van der Waals surface area contributed by atoms with E-state index in [9.17, 15) is 10.1 Å². The molecule has 1 saturated heterocycles. The molecular weight excluding hydrogens is 452 g/mol. The Bertz CT molecular complexity index is 1270. The van der Waals surface area contributed by atoms with E-state index in [1.807, 2.05) is 61.7 Å². The second kappa shape index (κ2) is 11.7. The summed E-state index contributed by atoms with van der Waals surface area (Å²) in [6.45, 7) is 8.95. The fourth-order valence-corrected chi connectivity index (χ4v) is 4.03. The fraction of sp³-hybridized carbons (Fsp3) is 0.345. The van der Waals surface area contributed by atoms with E-state index in [0.717, 1.165) is 29.0 Å². The Morgan fingerprint density at radius 3 is 2.61 bits per heavy atom. The molecule has 1 amide bonds. The number of aryl methyl sites for hydroxylation is 1. The van der Waals surface area contributed by atoms with E-state index in [4.69, 9.17) is 14.6 Å². The van der Waals surface area contributed by atoms with Crippen LogP contribution < -0.4 is 4.74 Å². The normalized spacial score (nSPS) is 14.1. The van der Waals surface area contributed by atoms with Crippen molar-refractivity contribution in [1.82, 2.24) is 14.7 Å². The molecule has 3 aromatic rings. The second-order valence-electron chi connectivity index (χ2n) is 9.30. The third-order valence-electron chi connectivity index (χ3n) is 6.11. The maximum atomic E-state index is 13.0. The first-order chi connectivity index (χ1) is 17.5. The smallest absolute Gasteiger partial charge is 0.264 e. The molecular formula is C29H32N4O3. The Morgan fingerprint density at radius 1 is 1.19 bits per heavy atom. The summed E-state index contributed by atoms with van der Waals surface area (Å²) in [7, 11) is 0. The number of carbonyl (C=O) groups excluding carboxylic acids is 1. The monoisotopic (exact) mass is 484 g/mol. The van der Waals surface area contributed by atoms with Gasteiger partial charge in [-0.2, -0.15) is 10.4 Å². The highest BCUT2D eigenvalue weighted by molar-refractivity contribution is 6.02. The van der Waals surface area contributed by atoms with Gasteiger partial charge in [0.1, 0.15) is 23.1 Å². The maximum Gasteiger partial charge on any atom is 0.264 e. The third-order valence-corrected chi connectivity index (χ3v) is 6.11. The second-order valence-corrected chi connectivity index (χ2v) is 9.30. The van der Waals surface area contributed by atoms with Crippen LogP contribution in [-0.4, -0.2) is 53.5 Å². The molecule has 0 saturated carbocycles. The van der Waals surface area contributed by atoms with Crippen LogP contribution in [-0.2, 0) is 9.53 Å². The number of para-hydroxylation sites is 1. The molecule has 7 nitrogen and oxygen atoms in total. The predicted molar refractivity (Wildman–Crippen MR) is 140 cm³/mol. The van der Waals surface area contributed by atoms with Gasteiger partial charge in [0.05, 0.1) is 25.5 Å². The number of morpholine rings is 1. The Kier molecular flexibility index (Phi) is 8.19. The van der Waals surface area contributed by atoms with Crippen molar-refractivity contribution in [3.05, 3.63) is 71.4 Å². The van der Waals surface area contributed by atoms with Gasteiger partial charge in [0.25, 0.3) is 5.91 Å². The average Bonchev–Trinajstić information content (AvgIpc) is 3.32. The molecule has 0 unspecified atom stereocenters. The van der Waals surface area contributed by atoms with Crippen LogP contribution >= 0.6 is 0 Å². The lowest BCUT2D eigenvalue weighted by Gasteiger charge is -2.26. The molecule has 0 radical (unpaired) electrons. The number of nitriles is 1. The van der Waals surface area contributed by atoms with Crippen LogP contribution in [0.25, 0.3) is 23.0 Å². The number of carbonyl (C=O) groups is 1. The molecule has 0 aliphatic carbocycles. The molecule has 36 heavy (non-hydrogen) atoms. The zero-order chi connectivity index (χ0) is 25.5. The van der Waals surface area contributed by atoms with Gasteiger partial charge in [-0.05, 0) is 61.2 Å². The average molecular weight is 485 g/mol. The lowest BCUT2D eigenvalue weighted by Crippen LogP contribution is -2.41. The summed E-state index contributed by atoms with van der Waals surface area (Å²) in [6.07, 6.45) is 4.49. The zero-order valence-electron chi connectivity index (χ0n) is 21.1. The number of rotatable bonds is 8. The van der Waals surface area contributed by atoms with E-state index in [2.05, 4.69) is 19.9 Å². The molecule has 4 rings (SSSR count). The van der Waals surface area contributed by atoms with Crippen molar-refractivity contribution in [2.75, 3.05) is 32.9 Å². The summed E-state index contributed by atoms with van der Waals surface area (Å²) in [4.78, 5) is 14.7. The summed E-state index contributed by atoms with van der Waals surface area (Å²) in [5.74, 6) is 1.14. The zero-order valence-corrected chi connectivity index (χ0v) is 21.1. The van der Waals surface area contributed by atoms with Crippen molar-refractivity contribution in [3.8, 4) is 28.8 Å². The minimum Gasteiger partial charge on any atom is -0.493 e. The molecule has 1 aliphatic rings. The van der Waals surface area contributed by atoms with Crippen molar-refractivity contribution < 1.29 is 14.3 Å². The first-order valence-corrected chi connectivity index (χ1v) is 12.3. The van der Waals surface area contributed by atoms with Crippen LogP contribution in [0, 0.1) is 24.2 Å². The fourth-order valence-electron chi connectivity index (χ4n) is 4.03. The topological polar surface area (TPSA) is 80.4 Å². The Labute approximate surface area is 212 Å². The molecule has 0 atom stereocenters. The van der Waals surface area contributed by atoms with Gasteiger partial charge in [0, 0.05) is 30.4 Å². The quantitative estimate of drug-likeness (QED) is 0.331. The number of ether oxygens (including phenoxy) is 2. The highest BCUT2D eigenvalue weighted by Crippen LogP contribution is 2.30. The van der Waals surface area contributed by atoms with Gasteiger partial charge in [-0.1, -0.05) is 32.0 Å². The third kappa shape index (κ3) is 6.02. The summed E-state index contributed by atoms with van der Waals surface area (Å²) in [5, 5.41) is 14.7. The first kappa shape index (κ1) is 25.2. The largest absolute Gasteiger partial charge is 0.493 e. The minimum atomic E-state index is -0.288. The van der Waals surface area contributed by atoms with Crippen LogP contribution in [0.5, 0.6) is 5.75 Å². The summed E-state index contributed by atoms with van der Waals surface area (Å²) >= 11 is 0. The van der Waals surface area contributed by atoms with Crippen LogP contribution in [0.4, 0.5) is 0 Å². The van der Waals surface area contributed by atoms with Gasteiger partial charge < -0.3 is 14.4 Å². The van der Waals surface area contributed by atoms with Gasteiger partial charge >= 0.3 is 0 Å². The molecule has 1 aromatic heterocycles. The molecule has 2 aromatic carbocycles. The van der Waals surface area contributed by atoms with E-state index >= 15 is 0 Å². The summed E-state index contributed by atoms with van der Waals surface area (Å²) in [5.41, 5.74) is 4.26. The van der Waals surface area contributed by atoms with Gasteiger partial charge in [-0.15, -0.1) is 0 Å². The molecule has 0 bridgehead atoms. The molecule has 0 N–H and O–H groups in total.